The molecule has 16 heavy (non-hydrogen) atoms. The van der Waals surface area contributed by atoms with Gasteiger partial charge in [0, 0.05) is 18.3 Å². The van der Waals surface area contributed by atoms with Crippen LogP contribution in [-0.4, -0.2) is 35.4 Å². The summed E-state index contributed by atoms with van der Waals surface area (Å²) >= 11 is 0. The third kappa shape index (κ3) is 3.06. The topological polar surface area (TPSA) is 67.0 Å². The van der Waals surface area contributed by atoms with Gasteiger partial charge in [0.05, 0.1) is 17.9 Å². The van der Waals surface area contributed by atoms with Gasteiger partial charge in [-0.15, -0.1) is 0 Å². The second kappa shape index (κ2) is 5.65. The van der Waals surface area contributed by atoms with Crippen molar-refractivity contribution >= 4 is 5.91 Å². The largest absolute Gasteiger partial charge is 0.380 e. The second-order valence-electron chi connectivity index (χ2n) is 3.84. The standard InChI is InChI=1S/C11H19N3O2/c1-5-16-6-7(2)12-11(15)10-8(3)13-14-9(10)4/h7H,5-6H2,1-4H3,(H,12,15)(H,13,14). The average molecular weight is 225 g/mol. The van der Waals surface area contributed by atoms with E-state index in [-0.39, 0.29) is 11.9 Å². The number of aromatic amines is 1. The van der Waals surface area contributed by atoms with Crippen molar-refractivity contribution in [2.45, 2.75) is 33.7 Å². The van der Waals surface area contributed by atoms with Gasteiger partial charge in [-0.3, -0.25) is 9.89 Å². The van der Waals surface area contributed by atoms with E-state index in [1.807, 2.05) is 27.7 Å². The van der Waals surface area contributed by atoms with Crippen LogP contribution in [0.2, 0.25) is 0 Å². The lowest BCUT2D eigenvalue weighted by Crippen LogP contribution is -2.36. The molecule has 90 valence electrons. The fourth-order valence-corrected chi connectivity index (χ4v) is 1.52. The molecule has 1 atom stereocenters. The Morgan fingerprint density at radius 3 is 2.75 bits per heavy atom. The molecule has 0 saturated carbocycles. The van der Waals surface area contributed by atoms with Gasteiger partial charge >= 0.3 is 0 Å². The number of rotatable bonds is 5. The highest BCUT2D eigenvalue weighted by atomic mass is 16.5. The Morgan fingerprint density at radius 1 is 1.56 bits per heavy atom. The van der Waals surface area contributed by atoms with E-state index in [0.717, 1.165) is 11.4 Å². The van der Waals surface area contributed by atoms with E-state index in [0.29, 0.717) is 18.8 Å². The van der Waals surface area contributed by atoms with Crippen LogP contribution in [0.25, 0.3) is 0 Å². The zero-order valence-corrected chi connectivity index (χ0v) is 10.3. The minimum absolute atomic E-state index is 0.00106. The molecule has 0 saturated heterocycles. The third-order valence-electron chi connectivity index (χ3n) is 2.30. The van der Waals surface area contributed by atoms with Gasteiger partial charge in [0.1, 0.15) is 0 Å². The fourth-order valence-electron chi connectivity index (χ4n) is 1.52. The summed E-state index contributed by atoms with van der Waals surface area (Å²) in [4.78, 5) is 11.9. The smallest absolute Gasteiger partial charge is 0.255 e. The number of ether oxygens (including phenoxy) is 1. The van der Waals surface area contributed by atoms with E-state index in [1.165, 1.54) is 0 Å². The molecule has 5 nitrogen and oxygen atoms in total. The fraction of sp³-hybridized carbons (Fsp3) is 0.636. The Morgan fingerprint density at radius 2 is 2.25 bits per heavy atom. The van der Waals surface area contributed by atoms with Crippen molar-refractivity contribution < 1.29 is 9.53 Å². The van der Waals surface area contributed by atoms with Crippen LogP contribution in [0, 0.1) is 13.8 Å². The number of nitrogens with one attached hydrogen (secondary N) is 2. The number of nitrogens with zero attached hydrogens (tertiary/aromatic N) is 1. The summed E-state index contributed by atoms with van der Waals surface area (Å²) in [6.45, 7) is 8.67. The quantitative estimate of drug-likeness (QED) is 0.790. The van der Waals surface area contributed by atoms with Gasteiger partial charge in [-0.1, -0.05) is 0 Å². The van der Waals surface area contributed by atoms with Gasteiger partial charge in [-0.25, -0.2) is 0 Å². The maximum absolute atomic E-state index is 11.9. The molecular formula is C11H19N3O2. The molecule has 0 aliphatic rings. The lowest BCUT2D eigenvalue weighted by atomic mass is 10.2. The molecule has 0 aromatic carbocycles. The molecular weight excluding hydrogens is 206 g/mol. The van der Waals surface area contributed by atoms with Crippen molar-refractivity contribution in [2.75, 3.05) is 13.2 Å². The lowest BCUT2D eigenvalue weighted by Gasteiger charge is -2.13. The van der Waals surface area contributed by atoms with Gasteiger partial charge in [-0.05, 0) is 27.7 Å². The maximum atomic E-state index is 11.9. The predicted molar refractivity (Wildman–Crippen MR) is 61.5 cm³/mol. The van der Waals surface area contributed by atoms with Gasteiger partial charge in [0.25, 0.3) is 5.91 Å². The molecule has 1 aromatic heterocycles. The summed E-state index contributed by atoms with van der Waals surface area (Å²) in [7, 11) is 0. The molecule has 1 unspecified atom stereocenters. The van der Waals surface area contributed by atoms with E-state index in [4.69, 9.17) is 4.74 Å². The van der Waals surface area contributed by atoms with Crippen LogP contribution in [-0.2, 0) is 4.74 Å². The molecule has 0 aliphatic heterocycles. The van der Waals surface area contributed by atoms with E-state index in [2.05, 4.69) is 15.5 Å². The van der Waals surface area contributed by atoms with Crippen LogP contribution in [0.3, 0.4) is 0 Å². The Bertz CT molecular complexity index is 341. The zero-order valence-electron chi connectivity index (χ0n) is 10.3. The highest BCUT2D eigenvalue weighted by Gasteiger charge is 2.16. The first-order chi connectivity index (χ1) is 7.56. The number of amides is 1. The number of aryl methyl sites for hydroxylation is 2. The van der Waals surface area contributed by atoms with Crippen molar-refractivity contribution in [1.29, 1.82) is 0 Å². The third-order valence-corrected chi connectivity index (χ3v) is 2.30. The Labute approximate surface area is 95.6 Å². The van der Waals surface area contributed by atoms with Crippen LogP contribution in [0.4, 0.5) is 0 Å². The van der Waals surface area contributed by atoms with Crippen LogP contribution < -0.4 is 5.32 Å². The van der Waals surface area contributed by atoms with Crippen LogP contribution in [0.1, 0.15) is 35.6 Å². The normalized spacial score (nSPS) is 12.5. The minimum atomic E-state index is -0.101. The van der Waals surface area contributed by atoms with Crippen molar-refractivity contribution in [3.63, 3.8) is 0 Å². The summed E-state index contributed by atoms with van der Waals surface area (Å²) in [5.74, 6) is -0.101. The van der Waals surface area contributed by atoms with Gasteiger partial charge in [-0.2, -0.15) is 5.10 Å². The number of H-pyrrole nitrogens is 1. The molecule has 1 rings (SSSR count). The number of hydrogen-bond donors (Lipinski definition) is 2. The molecule has 0 aliphatic carbocycles. The first kappa shape index (κ1) is 12.7. The first-order valence-electron chi connectivity index (χ1n) is 5.46. The summed E-state index contributed by atoms with van der Waals surface area (Å²) in [6.07, 6.45) is 0. The molecule has 0 bridgehead atoms. The molecule has 0 fully saturated rings. The van der Waals surface area contributed by atoms with E-state index in [1.54, 1.807) is 0 Å². The minimum Gasteiger partial charge on any atom is -0.380 e. The molecule has 0 spiro atoms. The van der Waals surface area contributed by atoms with E-state index < -0.39 is 0 Å². The van der Waals surface area contributed by atoms with Crippen molar-refractivity contribution in [2.24, 2.45) is 0 Å². The highest BCUT2D eigenvalue weighted by Crippen LogP contribution is 2.08. The lowest BCUT2D eigenvalue weighted by molar-refractivity contribution is 0.0871. The SMILES string of the molecule is CCOCC(C)NC(=O)c1c(C)n[nH]c1C. The maximum Gasteiger partial charge on any atom is 0.255 e. The summed E-state index contributed by atoms with van der Waals surface area (Å²) in [5, 5.41) is 9.66. The zero-order chi connectivity index (χ0) is 12.1. The number of carbonyl (C=O) groups excluding carboxylic acids is 1. The molecule has 1 amide bonds. The average Bonchev–Trinajstić information content (AvgIpc) is 2.55. The summed E-state index contributed by atoms with van der Waals surface area (Å²) < 4.78 is 5.24. The predicted octanol–water partition coefficient (Wildman–Crippen LogP) is 1.18. The molecule has 1 aromatic rings. The number of aromatic nitrogens is 2. The van der Waals surface area contributed by atoms with Crippen LogP contribution in [0.5, 0.6) is 0 Å². The van der Waals surface area contributed by atoms with Crippen LogP contribution >= 0.6 is 0 Å². The van der Waals surface area contributed by atoms with E-state index in [9.17, 15) is 4.79 Å². The number of carbonyl (C=O) groups is 1. The molecule has 2 N–H and O–H groups in total. The monoisotopic (exact) mass is 225 g/mol. The first-order valence-corrected chi connectivity index (χ1v) is 5.46. The van der Waals surface area contributed by atoms with Crippen molar-refractivity contribution in [3.8, 4) is 0 Å². The Balaban J connectivity index is 2.59. The van der Waals surface area contributed by atoms with E-state index >= 15 is 0 Å². The highest BCUT2D eigenvalue weighted by molar-refractivity contribution is 5.96. The second-order valence-corrected chi connectivity index (χ2v) is 3.84. The molecule has 0 radical (unpaired) electrons. The summed E-state index contributed by atoms with van der Waals surface area (Å²) in [6, 6.07) is 0.00106. The number of hydrogen-bond acceptors (Lipinski definition) is 3. The van der Waals surface area contributed by atoms with Gasteiger partial charge < -0.3 is 10.1 Å². The van der Waals surface area contributed by atoms with Gasteiger partial charge in [0.2, 0.25) is 0 Å². The summed E-state index contributed by atoms with van der Waals surface area (Å²) in [5.41, 5.74) is 2.14. The molecule has 5 heteroatoms. The van der Waals surface area contributed by atoms with Gasteiger partial charge in [0.15, 0.2) is 0 Å². The molecule has 1 heterocycles. The van der Waals surface area contributed by atoms with Crippen molar-refractivity contribution in [3.05, 3.63) is 17.0 Å². The van der Waals surface area contributed by atoms with Crippen LogP contribution in [0.15, 0.2) is 0 Å². The van der Waals surface area contributed by atoms with Crippen molar-refractivity contribution in [1.82, 2.24) is 15.5 Å². The Hall–Kier alpha value is -1.36. The Kier molecular flexibility index (Phi) is 4.49.